The SMILES string of the molecule is CCCc1noc(COC(=O)c2ccc(Cl)c(S(=O)(=O)N3CCCCCC3)c2)n1. The van der Waals surface area contributed by atoms with Gasteiger partial charge in [0.15, 0.2) is 12.4 Å². The summed E-state index contributed by atoms with van der Waals surface area (Å²) in [6, 6.07) is 4.10. The lowest BCUT2D eigenvalue weighted by atomic mass is 10.2. The second-order valence-corrected chi connectivity index (χ2v) is 9.21. The van der Waals surface area contributed by atoms with E-state index in [2.05, 4.69) is 10.1 Å². The van der Waals surface area contributed by atoms with Gasteiger partial charge in [0, 0.05) is 19.5 Å². The monoisotopic (exact) mass is 441 g/mol. The third-order valence-corrected chi connectivity index (χ3v) is 7.04. The molecular weight excluding hydrogens is 418 g/mol. The molecule has 0 spiro atoms. The van der Waals surface area contributed by atoms with Gasteiger partial charge in [-0.05, 0) is 37.5 Å². The Labute approximate surface area is 175 Å². The van der Waals surface area contributed by atoms with E-state index in [1.165, 1.54) is 22.5 Å². The van der Waals surface area contributed by atoms with Gasteiger partial charge in [-0.1, -0.05) is 36.5 Å². The maximum atomic E-state index is 13.0. The molecule has 1 aliphatic rings. The summed E-state index contributed by atoms with van der Waals surface area (Å²) in [4.78, 5) is 16.5. The van der Waals surface area contributed by atoms with E-state index in [0.717, 1.165) is 32.1 Å². The smallest absolute Gasteiger partial charge is 0.338 e. The predicted octanol–water partition coefficient (Wildman–Crippen LogP) is 3.60. The van der Waals surface area contributed by atoms with Crippen molar-refractivity contribution in [2.24, 2.45) is 0 Å². The zero-order valence-corrected chi connectivity index (χ0v) is 17.8. The predicted molar refractivity (Wildman–Crippen MR) is 106 cm³/mol. The minimum Gasteiger partial charge on any atom is -0.452 e. The standard InChI is InChI=1S/C19H24ClN3O5S/c1-2-7-17-21-18(28-22-17)13-27-19(24)14-8-9-15(20)16(12-14)29(25,26)23-10-5-3-4-6-11-23/h8-9,12H,2-7,10-11,13H2,1H3. The first-order valence-electron chi connectivity index (χ1n) is 9.70. The molecule has 0 aliphatic carbocycles. The van der Waals surface area contributed by atoms with E-state index < -0.39 is 16.0 Å². The van der Waals surface area contributed by atoms with Crippen LogP contribution in [-0.4, -0.2) is 41.9 Å². The van der Waals surface area contributed by atoms with E-state index >= 15 is 0 Å². The van der Waals surface area contributed by atoms with Gasteiger partial charge in [-0.15, -0.1) is 0 Å². The highest BCUT2D eigenvalue weighted by Gasteiger charge is 2.28. The molecule has 0 radical (unpaired) electrons. The first kappa shape index (κ1) is 21.7. The second-order valence-electron chi connectivity index (χ2n) is 6.89. The Kier molecular flexibility index (Phi) is 7.26. The number of hydrogen-bond acceptors (Lipinski definition) is 7. The highest BCUT2D eigenvalue weighted by molar-refractivity contribution is 7.89. The number of aromatic nitrogens is 2. The Balaban J connectivity index is 1.74. The molecule has 2 aromatic rings. The van der Waals surface area contributed by atoms with Crippen LogP contribution in [0, 0.1) is 0 Å². The molecule has 1 aromatic heterocycles. The number of rotatable bonds is 7. The molecule has 0 amide bonds. The Hall–Kier alpha value is -1.97. The van der Waals surface area contributed by atoms with Crippen LogP contribution >= 0.6 is 11.6 Å². The van der Waals surface area contributed by atoms with E-state index in [0.29, 0.717) is 25.3 Å². The molecule has 0 unspecified atom stereocenters. The van der Waals surface area contributed by atoms with Crippen LogP contribution < -0.4 is 0 Å². The maximum absolute atomic E-state index is 13.0. The number of benzene rings is 1. The summed E-state index contributed by atoms with van der Waals surface area (Å²) >= 11 is 6.16. The lowest BCUT2D eigenvalue weighted by Crippen LogP contribution is -2.32. The molecule has 1 fully saturated rings. The molecule has 29 heavy (non-hydrogen) atoms. The first-order valence-corrected chi connectivity index (χ1v) is 11.5. The van der Waals surface area contributed by atoms with Gasteiger partial charge in [0.05, 0.1) is 10.6 Å². The van der Waals surface area contributed by atoms with Gasteiger partial charge < -0.3 is 9.26 Å². The average Bonchev–Trinajstić information content (AvgIpc) is 2.96. The van der Waals surface area contributed by atoms with Crippen molar-refractivity contribution in [2.75, 3.05) is 13.1 Å². The van der Waals surface area contributed by atoms with Crippen molar-refractivity contribution < 1.29 is 22.5 Å². The summed E-state index contributed by atoms with van der Waals surface area (Å²) in [6.45, 7) is 2.70. The Morgan fingerprint density at radius 2 is 1.97 bits per heavy atom. The van der Waals surface area contributed by atoms with Crippen molar-refractivity contribution >= 4 is 27.6 Å². The van der Waals surface area contributed by atoms with Crippen LogP contribution in [0.5, 0.6) is 0 Å². The van der Waals surface area contributed by atoms with Crippen molar-refractivity contribution in [1.29, 1.82) is 0 Å². The Morgan fingerprint density at radius 1 is 1.24 bits per heavy atom. The van der Waals surface area contributed by atoms with Crippen molar-refractivity contribution in [3.8, 4) is 0 Å². The fourth-order valence-corrected chi connectivity index (χ4v) is 5.15. The normalized spacial score (nSPS) is 15.8. The fourth-order valence-electron chi connectivity index (χ4n) is 3.13. The lowest BCUT2D eigenvalue weighted by molar-refractivity contribution is 0.0429. The highest BCUT2D eigenvalue weighted by atomic mass is 35.5. The van der Waals surface area contributed by atoms with E-state index in [4.69, 9.17) is 20.9 Å². The average molecular weight is 442 g/mol. The molecule has 0 saturated carbocycles. The summed E-state index contributed by atoms with van der Waals surface area (Å²) in [5.74, 6) is 0.0493. The van der Waals surface area contributed by atoms with Gasteiger partial charge in [-0.2, -0.15) is 9.29 Å². The number of hydrogen-bond donors (Lipinski definition) is 0. The van der Waals surface area contributed by atoms with E-state index in [-0.39, 0.29) is 28.0 Å². The molecule has 2 heterocycles. The number of carbonyl (C=O) groups excluding carboxylic acids is 1. The topological polar surface area (TPSA) is 103 Å². The van der Waals surface area contributed by atoms with Crippen molar-refractivity contribution in [1.82, 2.24) is 14.4 Å². The summed E-state index contributed by atoms with van der Waals surface area (Å²) < 4.78 is 37.7. The number of esters is 1. The number of nitrogens with zero attached hydrogens (tertiary/aromatic N) is 3. The summed E-state index contributed by atoms with van der Waals surface area (Å²) in [6.07, 6.45) is 5.17. The maximum Gasteiger partial charge on any atom is 0.338 e. The third-order valence-electron chi connectivity index (χ3n) is 4.66. The molecule has 1 aromatic carbocycles. The summed E-state index contributed by atoms with van der Waals surface area (Å²) in [7, 11) is -3.79. The van der Waals surface area contributed by atoms with E-state index in [9.17, 15) is 13.2 Å². The molecule has 10 heteroatoms. The van der Waals surface area contributed by atoms with Gasteiger partial charge in [0.25, 0.3) is 5.89 Å². The van der Waals surface area contributed by atoms with Crippen LogP contribution in [0.2, 0.25) is 5.02 Å². The minimum absolute atomic E-state index is 0.0758. The minimum atomic E-state index is -3.79. The van der Waals surface area contributed by atoms with Crippen molar-refractivity contribution in [2.45, 2.75) is 57.0 Å². The summed E-state index contributed by atoms with van der Waals surface area (Å²) in [5.41, 5.74) is 0.0936. The molecule has 8 nitrogen and oxygen atoms in total. The molecule has 0 atom stereocenters. The lowest BCUT2D eigenvalue weighted by Gasteiger charge is -2.20. The quantitative estimate of drug-likeness (QED) is 0.604. The van der Waals surface area contributed by atoms with Gasteiger partial charge in [-0.3, -0.25) is 0 Å². The molecule has 0 N–H and O–H groups in total. The van der Waals surface area contributed by atoms with Crippen LogP contribution in [0.1, 0.15) is 61.1 Å². The number of ether oxygens (including phenoxy) is 1. The molecule has 3 rings (SSSR count). The first-order chi connectivity index (χ1) is 13.9. The van der Waals surface area contributed by atoms with Crippen LogP contribution in [0.4, 0.5) is 0 Å². The van der Waals surface area contributed by atoms with Gasteiger partial charge >= 0.3 is 5.97 Å². The fraction of sp³-hybridized carbons (Fsp3) is 0.526. The number of carbonyl (C=O) groups is 1. The molecule has 1 saturated heterocycles. The number of halogens is 1. The summed E-state index contributed by atoms with van der Waals surface area (Å²) in [5, 5.41) is 3.87. The van der Waals surface area contributed by atoms with Crippen LogP contribution in [0.25, 0.3) is 0 Å². The molecule has 1 aliphatic heterocycles. The van der Waals surface area contributed by atoms with E-state index in [1.54, 1.807) is 0 Å². The number of aryl methyl sites for hydroxylation is 1. The van der Waals surface area contributed by atoms with Gasteiger partial charge in [0.1, 0.15) is 4.90 Å². The molecule has 0 bridgehead atoms. The van der Waals surface area contributed by atoms with Gasteiger partial charge in [-0.25, -0.2) is 13.2 Å². The Morgan fingerprint density at radius 3 is 2.66 bits per heavy atom. The third kappa shape index (κ3) is 5.34. The van der Waals surface area contributed by atoms with Crippen molar-refractivity contribution in [3.05, 3.63) is 40.5 Å². The zero-order valence-electron chi connectivity index (χ0n) is 16.3. The van der Waals surface area contributed by atoms with Gasteiger partial charge in [0.2, 0.25) is 10.0 Å². The van der Waals surface area contributed by atoms with Crippen molar-refractivity contribution in [3.63, 3.8) is 0 Å². The van der Waals surface area contributed by atoms with E-state index in [1.807, 2.05) is 6.92 Å². The zero-order chi connectivity index (χ0) is 20.9. The van der Waals surface area contributed by atoms with Crippen LogP contribution in [0.3, 0.4) is 0 Å². The van der Waals surface area contributed by atoms with Crippen LogP contribution in [-0.2, 0) is 27.8 Å². The highest BCUT2D eigenvalue weighted by Crippen LogP contribution is 2.28. The Bertz CT molecular complexity index is 953. The van der Waals surface area contributed by atoms with Crippen LogP contribution in [0.15, 0.2) is 27.6 Å². The second kappa shape index (κ2) is 9.69. The molecule has 158 valence electrons. The molecular formula is C19H24ClN3O5S. The number of sulfonamides is 1. The largest absolute Gasteiger partial charge is 0.452 e.